The number of aliphatic hydroxyl groups is 1. The minimum Gasteiger partial charge on any atom is -0.390 e. The quantitative estimate of drug-likeness (QED) is 0.586. The van der Waals surface area contributed by atoms with Crippen LogP contribution in [-0.4, -0.2) is 26.9 Å². The van der Waals surface area contributed by atoms with Gasteiger partial charge in [-0.05, 0) is 13.8 Å². The van der Waals surface area contributed by atoms with Crippen LogP contribution in [0.15, 0.2) is 0 Å². The van der Waals surface area contributed by atoms with E-state index in [0.717, 1.165) is 0 Å². The fourth-order valence-corrected chi connectivity index (χ4v) is 1.49. The molecule has 0 aromatic heterocycles. The fraction of sp³-hybridized carbons (Fsp3) is 1.00. The molecule has 0 aliphatic carbocycles. The Hall–Kier alpha value is 0.110. The van der Waals surface area contributed by atoms with Crippen molar-refractivity contribution >= 4 is 10.8 Å². The molecule has 3 heteroatoms. The molecular weight excluding hydrogens is 124 g/mol. The second-order valence-corrected chi connectivity index (χ2v) is 3.97. The maximum atomic E-state index is 10.4. The zero-order valence-electron chi connectivity index (χ0n) is 5.47. The predicted octanol–water partition coefficient (Wildman–Crippen LogP) is 0.136. The third kappa shape index (κ3) is 6.11. The van der Waals surface area contributed by atoms with Crippen LogP contribution in [0.1, 0.15) is 13.8 Å². The van der Waals surface area contributed by atoms with Crippen LogP contribution in [0.5, 0.6) is 0 Å². The molecule has 0 saturated carbocycles. The minimum absolute atomic E-state index is 0.354. The summed E-state index contributed by atoms with van der Waals surface area (Å²) in [6.45, 7) is 3.29. The molecule has 8 heavy (non-hydrogen) atoms. The van der Waals surface area contributed by atoms with Gasteiger partial charge in [-0.1, -0.05) is 0 Å². The number of rotatable bonds is 2. The van der Waals surface area contributed by atoms with Crippen LogP contribution in [0.3, 0.4) is 0 Å². The van der Waals surface area contributed by atoms with Crippen molar-refractivity contribution in [2.75, 3.05) is 12.0 Å². The van der Waals surface area contributed by atoms with Crippen molar-refractivity contribution in [2.24, 2.45) is 0 Å². The van der Waals surface area contributed by atoms with E-state index >= 15 is 0 Å². The average Bonchev–Trinajstić information content (AvgIpc) is 1.21. The third-order valence-corrected chi connectivity index (χ3v) is 1.67. The van der Waals surface area contributed by atoms with Gasteiger partial charge in [0, 0.05) is 17.1 Å². The number of hydrogen-bond acceptors (Lipinski definition) is 2. The van der Waals surface area contributed by atoms with Gasteiger partial charge in [0.1, 0.15) is 0 Å². The molecule has 50 valence electrons. The molecular formula is C5H12O2S. The fourth-order valence-electron chi connectivity index (χ4n) is 0.497. The summed E-state index contributed by atoms with van der Waals surface area (Å²) in [7, 11) is -0.885. The lowest BCUT2D eigenvalue weighted by atomic mass is 10.2. The van der Waals surface area contributed by atoms with E-state index in [1.165, 1.54) is 0 Å². The predicted molar refractivity (Wildman–Crippen MR) is 35.2 cm³/mol. The molecule has 0 aliphatic heterocycles. The van der Waals surface area contributed by atoms with Crippen LogP contribution < -0.4 is 0 Å². The maximum absolute atomic E-state index is 10.4. The standard InChI is InChI=1S/C5H12O2S/c1-5(2,6)4-8(3)7/h6H,4H2,1-3H3. The lowest BCUT2D eigenvalue weighted by Gasteiger charge is -2.13. The average molecular weight is 136 g/mol. The Bertz CT molecular complexity index is 93.1. The molecule has 1 atom stereocenters. The summed E-state index contributed by atoms with van der Waals surface area (Å²) in [5.41, 5.74) is -0.778. The van der Waals surface area contributed by atoms with Crippen molar-refractivity contribution < 1.29 is 9.32 Å². The zero-order chi connectivity index (χ0) is 6.78. The largest absolute Gasteiger partial charge is 0.390 e. The molecule has 0 amide bonds. The van der Waals surface area contributed by atoms with E-state index in [1.54, 1.807) is 20.1 Å². The third-order valence-electron chi connectivity index (χ3n) is 0.556. The topological polar surface area (TPSA) is 37.3 Å². The van der Waals surface area contributed by atoms with Gasteiger partial charge in [0.05, 0.1) is 11.4 Å². The van der Waals surface area contributed by atoms with Crippen molar-refractivity contribution in [3.8, 4) is 0 Å². The van der Waals surface area contributed by atoms with E-state index in [1.807, 2.05) is 0 Å². The molecule has 0 aromatic carbocycles. The van der Waals surface area contributed by atoms with E-state index in [2.05, 4.69) is 0 Å². The van der Waals surface area contributed by atoms with E-state index in [-0.39, 0.29) is 0 Å². The molecule has 0 fully saturated rings. The Morgan fingerprint density at radius 1 is 1.62 bits per heavy atom. The van der Waals surface area contributed by atoms with Crippen molar-refractivity contribution in [3.05, 3.63) is 0 Å². The molecule has 1 unspecified atom stereocenters. The first-order valence-corrected chi connectivity index (χ1v) is 4.17. The highest BCUT2D eigenvalue weighted by atomic mass is 32.2. The Morgan fingerprint density at radius 3 is 2.00 bits per heavy atom. The monoisotopic (exact) mass is 136 g/mol. The van der Waals surface area contributed by atoms with Crippen LogP contribution in [0.4, 0.5) is 0 Å². The molecule has 0 saturated heterocycles. The summed E-state index contributed by atoms with van der Waals surface area (Å²) in [6, 6.07) is 0. The first-order chi connectivity index (χ1) is 3.42. The summed E-state index contributed by atoms with van der Waals surface area (Å²) in [6.07, 6.45) is 1.58. The van der Waals surface area contributed by atoms with Crippen molar-refractivity contribution in [1.29, 1.82) is 0 Å². The number of hydrogen-bond donors (Lipinski definition) is 1. The SMILES string of the molecule is CS(=O)CC(C)(C)O. The van der Waals surface area contributed by atoms with Gasteiger partial charge >= 0.3 is 0 Å². The van der Waals surface area contributed by atoms with E-state index < -0.39 is 16.4 Å². The van der Waals surface area contributed by atoms with Crippen molar-refractivity contribution in [3.63, 3.8) is 0 Å². The van der Waals surface area contributed by atoms with E-state index in [9.17, 15) is 4.21 Å². The van der Waals surface area contributed by atoms with Crippen LogP contribution in [0, 0.1) is 0 Å². The maximum Gasteiger partial charge on any atom is 0.0706 e. The van der Waals surface area contributed by atoms with Gasteiger partial charge in [0.2, 0.25) is 0 Å². The molecule has 0 radical (unpaired) electrons. The highest BCUT2D eigenvalue weighted by Crippen LogP contribution is 2.00. The molecule has 0 rings (SSSR count). The molecule has 0 bridgehead atoms. The van der Waals surface area contributed by atoms with Gasteiger partial charge < -0.3 is 5.11 Å². The van der Waals surface area contributed by atoms with Crippen LogP contribution in [-0.2, 0) is 10.8 Å². The van der Waals surface area contributed by atoms with Gasteiger partial charge in [0.25, 0.3) is 0 Å². The van der Waals surface area contributed by atoms with Gasteiger partial charge in [-0.3, -0.25) is 4.21 Å². The molecule has 0 aromatic rings. The first kappa shape index (κ1) is 8.11. The lowest BCUT2D eigenvalue weighted by Crippen LogP contribution is -2.26. The Morgan fingerprint density at radius 2 is 2.00 bits per heavy atom. The van der Waals surface area contributed by atoms with Gasteiger partial charge in [-0.2, -0.15) is 0 Å². The summed E-state index contributed by atoms with van der Waals surface area (Å²) in [5.74, 6) is 0.354. The highest BCUT2D eigenvalue weighted by Gasteiger charge is 2.13. The zero-order valence-corrected chi connectivity index (χ0v) is 6.29. The molecule has 0 spiro atoms. The van der Waals surface area contributed by atoms with Crippen LogP contribution in [0.25, 0.3) is 0 Å². The second-order valence-electron chi connectivity index (χ2n) is 2.53. The van der Waals surface area contributed by atoms with Crippen LogP contribution in [0.2, 0.25) is 0 Å². The highest BCUT2D eigenvalue weighted by molar-refractivity contribution is 7.84. The van der Waals surface area contributed by atoms with Gasteiger partial charge in [-0.25, -0.2) is 0 Å². The Labute approximate surface area is 52.4 Å². The summed E-state index contributed by atoms with van der Waals surface area (Å²) in [4.78, 5) is 0. The summed E-state index contributed by atoms with van der Waals surface area (Å²) in [5, 5.41) is 9.00. The van der Waals surface area contributed by atoms with E-state index in [4.69, 9.17) is 5.11 Å². The second kappa shape index (κ2) is 2.60. The van der Waals surface area contributed by atoms with Crippen LogP contribution >= 0.6 is 0 Å². The molecule has 1 N–H and O–H groups in total. The first-order valence-electron chi connectivity index (χ1n) is 2.44. The summed E-state index contributed by atoms with van der Waals surface area (Å²) >= 11 is 0. The van der Waals surface area contributed by atoms with Crippen molar-refractivity contribution in [1.82, 2.24) is 0 Å². The molecule has 0 aliphatic rings. The molecule has 2 nitrogen and oxygen atoms in total. The van der Waals surface area contributed by atoms with Crippen molar-refractivity contribution in [2.45, 2.75) is 19.4 Å². The Kier molecular flexibility index (Phi) is 2.63. The lowest BCUT2D eigenvalue weighted by molar-refractivity contribution is 0.106. The Balaban J connectivity index is 3.55. The summed E-state index contributed by atoms with van der Waals surface area (Å²) < 4.78 is 10.4. The normalized spacial score (nSPS) is 16.0. The minimum atomic E-state index is -0.885. The van der Waals surface area contributed by atoms with Gasteiger partial charge in [-0.15, -0.1) is 0 Å². The van der Waals surface area contributed by atoms with E-state index in [0.29, 0.717) is 5.75 Å². The molecule has 0 heterocycles. The smallest absolute Gasteiger partial charge is 0.0706 e. The van der Waals surface area contributed by atoms with Gasteiger partial charge in [0.15, 0.2) is 0 Å².